The smallest absolute Gasteiger partial charge is 0.223 e. The molecule has 1 heterocycles. The molecule has 1 aliphatic heterocycles. The third-order valence-corrected chi connectivity index (χ3v) is 4.76. The average Bonchev–Trinajstić information content (AvgIpc) is 2.92. The van der Waals surface area contributed by atoms with Crippen molar-refractivity contribution in [1.29, 1.82) is 0 Å². The van der Waals surface area contributed by atoms with Crippen LogP contribution in [-0.2, 0) is 4.79 Å². The van der Waals surface area contributed by atoms with E-state index < -0.39 is 0 Å². The maximum Gasteiger partial charge on any atom is 0.223 e. The van der Waals surface area contributed by atoms with E-state index in [2.05, 4.69) is 22.3 Å². The van der Waals surface area contributed by atoms with Gasteiger partial charge in [0.25, 0.3) is 0 Å². The molecule has 0 bridgehead atoms. The van der Waals surface area contributed by atoms with Crippen LogP contribution in [0.4, 0.5) is 5.69 Å². The Bertz CT molecular complexity index is 482. The van der Waals surface area contributed by atoms with Gasteiger partial charge < -0.3 is 15.0 Å². The minimum atomic E-state index is 0.268. The molecule has 4 heteroatoms. The fraction of sp³-hybridized carbons (Fsp3) is 0.588. The molecule has 1 aliphatic carbocycles. The van der Waals surface area contributed by atoms with Gasteiger partial charge in [-0.05, 0) is 49.4 Å². The first-order valence-electron chi connectivity index (χ1n) is 7.93. The molecule has 21 heavy (non-hydrogen) atoms. The predicted molar refractivity (Wildman–Crippen MR) is 83.7 cm³/mol. The molecule has 0 aromatic heterocycles. The lowest BCUT2D eigenvalue weighted by Crippen LogP contribution is -2.37. The monoisotopic (exact) mass is 288 g/mol. The normalized spacial score (nSPS) is 22.0. The van der Waals surface area contributed by atoms with E-state index in [9.17, 15) is 4.79 Å². The van der Waals surface area contributed by atoms with Crippen molar-refractivity contribution in [1.82, 2.24) is 5.32 Å². The SMILES string of the molecule is COc1ccc(N2CCC(CNC(=O)C3CCC3)C2)cc1. The number of rotatable bonds is 5. The number of carbonyl (C=O) groups excluding carboxylic acids is 1. The molecule has 3 rings (SSSR count). The number of hydrogen-bond acceptors (Lipinski definition) is 3. The lowest BCUT2D eigenvalue weighted by Gasteiger charge is -2.25. The maximum atomic E-state index is 11.9. The van der Waals surface area contributed by atoms with E-state index in [1.807, 2.05) is 12.1 Å². The lowest BCUT2D eigenvalue weighted by molar-refractivity contribution is -0.127. The second-order valence-electron chi connectivity index (χ2n) is 6.17. The summed E-state index contributed by atoms with van der Waals surface area (Å²) in [4.78, 5) is 14.3. The number of benzene rings is 1. The quantitative estimate of drug-likeness (QED) is 0.905. The zero-order valence-corrected chi connectivity index (χ0v) is 12.7. The molecule has 1 saturated heterocycles. The van der Waals surface area contributed by atoms with E-state index >= 15 is 0 Å². The van der Waals surface area contributed by atoms with E-state index in [1.165, 1.54) is 12.1 Å². The van der Waals surface area contributed by atoms with Gasteiger partial charge in [0.1, 0.15) is 5.75 Å². The number of methoxy groups -OCH3 is 1. The number of nitrogens with one attached hydrogen (secondary N) is 1. The number of carbonyl (C=O) groups is 1. The van der Waals surface area contributed by atoms with E-state index in [0.717, 1.165) is 44.6 Å². The fourth-order valence-corrected chi connectivity index (χ4v) is 3.09. The van der Waals surface area contributed by atoms with Crippen LogP contribution in [0, 0.1) is 11.8 Å². The lowest BCUT2D eigenvalue weighted by atomic mass is 9.85. The Balaban J connectivity index is 1.46. The van der Waals surface area contributed by atoms with Crippen molar-refractivity contribution in [3.63, 3.8) is 0 Å². The number of amides is 1. The molecule has 1 N–H and O–H groups in total. The molecule has 0 spiro atoms. The van der Waals surface area contributed by atoms with Gasteiger partial charge in [-0.15, -0.1) is 0 Å². The Morgan fingerprint density at radius 2 is 2.05 bits per heavy atom. The number of hydrogen-bond donors (Lipinski definition) is 1. The highest BCUT2D eigenvalue weighted by molar-refractivity contribution is 5.79. The van der Waals surface area contributed by atoms with Crippen LogP contribution < -0.4 is 15.0 Å². The highest BCUT2D eigenvalue weighted by Gasteiger charge is 2.27. The summed E-state index contributed by atoms with van der Waals surface area (Å²) in [6.45, 7) is 2.91. The molecule has 4 nitrogen and oxygen atoms in total. The minimum Gasteiger partial charge on any atom is -0.497 e. The summed E-state index contributed by atoms with van der Waals surface area (Å²) in [5.74, 6) is 2.02. The Hall–Kier alpha value is -1.71. The Kier molecular flexibility index (Phi) is 4.32. The first-order valence-corrected chi connectivity index (χ1v) is 7.93. The number of nitrogens with zero attached hydrogens (tertiary/aromatic N) is 1. The average molecular weight is 288 g/mol. The molecule has 1 aromatic rings. The van der Waals surface area contributed by atoms with Gasteiger partial charge in [-0.1, -0.05) is 6.42 Å². The minimum absolute atomic E-state index is 0.268. The van der Waals surface area contributed by atoms with Crippen molar-refractivity contribution >= 4 is 11.6 Å². The largest absolute Gasteiger partial charge is 0.497 e. The molecule has 1 unspecified atom stereocenters. The van der Waals surface area contributed by atoms with E-state index in [4.69, 9.17) is 4.74 Å². The molecule has 1 aromatic carbocycles. The number of ether oxygens (including phenoxy) is 1. The second-order valence-corrected chi connectivity index (χ2v) is 6.17. The van der Waals surface area contributed by atoms with Gasteiger partial charge in [-0.25, -0.2) is 0 Å². The van der Waals surface area contributed by atoms with Crippen molar-refractivity contribution < 1.29 is 9.53 Å². The molecular formula is C17H24N2O2. The van der Waals surface area contributed by atoms with Crippen LogP contribution in [-0.4, -0.2) is 32.7 Å². The van der Waals surface area contributed by atoms with Crippen LogP contribution in [0.5, 0.6) is 5.75 Å². The Morgan fingerprint density at radius 1 is 1.29 bits per heavy atom. The van der Waals surface area contributed by atoms with Crippen LogP contribution in [0.2, 0.25) is 0 Å². The number of anilines is 1. The van der Waals surface area contributed by atoms with Crippen LogP contribution in [0.15, 0.2) is 24.3 Å². The summed E-state index contributed by atoms with van der Waals surface area (Å²) >= 11 is 0. The molecular weight excluding hydrogens is 264 g/mol. The van der Waals surface area contributed by atoms with Crippen molar-refractivity contribution in [2.45, 2.75) is 25.7 Å². The summed E-state index contributed by atoms with van der Waals surface area (Å²) in [6, 6.07) is 8.21. The van der Waals surface area contributed by atoms with Gasteiger partial charge in [-0.2, -0.15) is 0 Å². The molecule has 1 amide bonds. The van der Waals surface area contributed by atoms with Crippen molar-refractivity contribution in [2.75, 3.05) is 31.6 Å². The van der Waals surface area contributed by atoms with Crippen LogP contribution in [0.3, 0.4) is 0 Å². The molecule has 2 aliphatic rings. The highest BCUT2D eigenvalue weighted by atomic mass is 16.5. The molecule has 1 atom stereocenters. The van der Waals surface area contributed by atoms with Gasteiger partial charge in [-0.3, -0.25) is 4.79 Å². The van der Waals surface area contributed by atoms with Gasteiger partial charge in [0.15, 0.2) is 0 Å². The summed E-state index contributed by atoms with van der Waals surface area (Å²) in [5, 5.41) is 3.13. The third-order valence-electron chi connectivity index (χ3n) is 4.76. The van der Waals surface area contributed by atoms with Crippen molar-refractivity contribution in [3.05, 3.63) is 24.3 Å². The zero-order chi connectivity index (χ0) is 14.7. The maximum absolute atomic E-state index is 11.9. The first-order chi connectivity index (χ1) is 10.3. The third kappa shape index (κ3) is 3.31. The van der Waals surface area contributed by atoms with E-state index in [0.29, 0.717) is 11.8 Å². The summed E-state index contributed by atoms with van der Waals surface area (Å²) in [6.07, 6.45) is 4.52. The van der Waals surface area contributed by atoms with Gasteiger partial charge >= 0.3 is 0 Å². The zero-order valence-electron chi connectivity index (χ0n) is 12.7. The van der Waals surface area contributed by atoms with Gasteiger partial charge in [0.2, 0.25) is 5.91 Å². The topological polar surface area (TPSA) is 41.6 Å². The molecule has 114 valence electrons. The Labute approximate surface area is 126 Å². The van der Waals surface area contributed by atoms with E-state index in [1.54, 1.807) is 7.11 Å². The summed E-state index contributed by atoms with van der Waals surface area (Å²) in [7, 11) is 1.69. The predicted octanol–water partition coefficient (Wildman–Crippen LogP) is 2.44. The first kappa shape index (κ1) is 14.2. The fourth-order valence-electron chi connectivity index (χ4n) is 3.09. The van der Waals surface area contributed by atoms with Crippen LogP contribution in [0.1, 0.15) is 25.7 Å². The summed E-state index contributed by atoms with van der Waals surface area (Å²) < 4.78 is 5.19. The molecule has 1 saturated carbocycles. The van der Waals surface area contributed by atoms with Crippen molar-refractivity contribution in [2.24, 2.45) is 11.8 Å². The molecule has 2 fully saturated rings. The van der Waals surface area contributed by atoms with Crippen molar-refractivity contribution in [3.8, 4) is 5.75 Å². The van der Waals surface area contributed by atoms with E-state index in [-0.39, 0.29) is 5.91 Å². The van der Waals surface area contributed by atoms with Crippen LogP contribution >= 0.6 is 0 Å². The van der Waals surface area contributed by atoms with Crippen LogP contribution in [0.25, 0.3) is 0 Å². The summed E-state index contributed by atoms with van der Waals surface area (Å²) in [5.41, 5.74) is 1.24. The van der Waals surface area contributed by atoms with Gasteiger partial charge in [0, 0.05) is 31.2 Å². The standard InChI is InChI=1S/C17H24N2O2/c1-21-16-7-5-15(6-8-16)19-10-9-13(12-19)11-18-17(20)14-3-2-4-14/h5-8,13-14H,2-4,9-12H2,1H3,(H,18,20). The second kappa shape index (κ2) is 6.37. The van der Waals surface area contributed by atoms with Gasteiger partial charge in [0.05, 0.1) is 7.11 Å². The Morgan fingerprint density at radius 3 is 2.67 bits per heavy atom. The highest BCUT2D eigenvalue weighted by Crippen LogP contribution is 2.27. The molecule has 0 radical (unpaired) electrons.